The van der Waals surface area contributed by atoms with Crippen LogP contribution < -0.4 is 10.6 Å². The van der Waals surface area contributed by atoms with Crippen LogP contribution in [0.5, 0.6) is 0 Å². The van der Waals surface area contributed by atoms with Crippen molar-refractivity contribution in [2.24, 2.45) is 0 Å². The first-order valence-electron chi connectivity index (χ1n) is 6.86. The van der Waals surface area contributed by atoms with Crippen molar-refractivity contribution in [3.63, 3.8) is 0 Å². The summed E-state index contributed by atoms with van der Waals surface area (Å²) in [5, 5.41) is 6.83. The summed E-state index contributed by atoms with van der Waals surface area (Å²) in [6.07, 6.45) is 0. The van der Waals surface area contributed by atoms with E-state index in [2.05, 4.69) is 49.6 Å². The van der Waals surface area contributed by atoms with Gasteiger partial charge in [-0.3, -0.25) is 0 Å². The first-order chi connectivity index (χ1) is 9.95. The molecule has 2 N–H and O–H groups in total. The van der Waals surface area contributed by atoms with Crippen LogP contribution in [0.4, 0.5) is 10.1 Å². The molecule has 0 aliphatic heterocycles. The minimum atomic E-state index is -0.261. The molecule has 2 rings (SSSR count). The topological polar surface area (TPSA) is 24.1 Å². The molecule has 0 radical (unpaired) electrons. The van der Waals surface area contributed by atoms with E-state index in [1.54, 1.807) is 12.1 Å². The van der Waals surface area contributed by atoms with Crippen molar-refractivity contribution in [3.8, 4) is 0 Å². The molecule has 4 heteroatoms. The predicted molar refractivity (Wildman–Crippen MR) is 90.1 cm³/mol. The second kappa shape index (κ2) is 6.68. The fraction of sp³-hybridized carbons (Fsp3) is 0.235. The summed E-state index contributed by atoms with van der Waals surface area (Å²) in [4.78, 5) is 0. The van der Waals surface area contributed by atoms with Gasteiger partial charge >= 0.3 is 0 Å². The van der Waals surface area contributed by atoms with Gasteiger partial charge in [-0.1, -0.05) is 23.8 Å². The molecule has 110 valence electrons. The number of hydrogen-bond acceptors (Lipinski definition) is 1. The van der Waals surface area contributed by atoms with Gasteiger partial charge in [-0.15, -0.1) is 0 Å². The average Bonchev–Trinajstić information content (AvgIpc) is 2.44. The maximum absolute atomic E-state index is 12.9. The average molecular weight is 302 g/mol. The minimum Gasteiger partial charge on any atom is -0.356 e. The summed E-state index contributed by atoms with van der Waals surface area (Å²) < 4.78 is 12.9. The van der Waals surface area contributed by atoms with E-state index in [9.17, 15) is 4.39 Å². The van der Waals surface area contributed by atoms with Crippen molar-refractivity contribution in [2.75, 3.05) is 5.32 Å². The van der Waals surface area contributed by atoms with Crippen molar-refractivity contribution >= 4 is 23.0 Å². The van der Waals surface area contributed by atoms with E-state index in [1.807, 2.05) is 0 Å². The smallest absolute Gasteiger partial charge is 0.171 e. The Morgan fingerprint density at radius 1 is 1.10 bits per heavy atom. The van der Waals surface area contributed by atoms with Crippen molar-refractivity contribution in [2.45, 2.75) is 26.8 Å². The number of halogens is 1. The maximum atomic E-state index is 12.9. The zero-order valence-corrected chi connectivity index (χ0v) is 13.2. The molecule has 1 unspecified atom stereocenters. The first kappa shape index (κ1) is 15.4. The lowest BCUT2D eigenvalue weighted by atomic mass is 10.0. The zero-order valence-electron chi connectivity index (χ0n) is 12.4. The standard InChI is InChI=1S/C17H19FN2S/c1-11-4-5-12(2)16(10-11)13(3)19-17(21)20-15-8-6-14(18)7-9-15/h4-10,13H,1-3H3,(H2,19,20,21). The van der Waals surface area contributed by atoms with Crippen molar-refractivity contribution in [1.82, 2.24) is 5.32 Å². The van der Waals surface area contributed by atoms with Gasteiger partial charge in [-0.2, -0.15) is 0 Å². The Morgan fingerprint density at radius 2 is 1.76 bits per heavy atom. The first-order valence-corrected chi connectivity index (χ1v) is 7.27. The number of benzene rings is 2. The van der Waals surface area contributed by atoms with Gasteiger partial charge in [-0.25, -0.2) is 4.39 Å². The summed E-state index contributed by atoms with van der Waals surface area (Å²) in [7, 11) is 0. The third-order valence-corrected chi connectivity index (χ3v) is 3.57. The molecule has 0 fully saturated rings. The Morgan fingerprint density at radius 3 is 2.43 bits per heavy atom. The quantitative estimate of drug-likeness (QED) is 0.817. The number of nitrogens with one attached hydrogen (secondary N) is 2. The lowest BCUT2D eigenvalue weighted by Crippen LogP contribution is -2.31. The van der Waals surface area contributed by atoms with Crippen molar-refractivity contribution in [3.05, 3.63) is 65.0 Å². The summed E-state index contributed by atoms with van der Waals surface area (Å²) in [5.74, 6) is -0.261. The minimum absolute atomic E-state index is 0.102. The van der Waals surface area contributed by atoms with Crippen LogP contribution in [0.1, 0.15) is 29.7 Å². The van der Waals surface area contributed by atoms with Gasteiger partial charge in [0.05, 0.1) is 6.04 Å². The molecular formula is C17H19FN2S. The van der Waals surface area contributed by atoms with Crippen molar-refractivity contribution < 1.29 is 4.39 Å². The number of thiocarbonyl (C=S) groups is 1. The summed E-state index contributed by atoms with van der Waals surface area (Å²) in [5.41, 5.74) is 4.44. The third kappa shape index (κ3) is 4.26. The van der Waals surface area contributed by atoms with Crippen LogP contribution in [-0.2, 0) is 0 Å². The molecular weight excluding hydrogens is 283 g/mol. The molecule has 2 aromatic carbocycles. The van der Waals surface area contributed by atoms with E-state index in [0.717, 1.165) is 5.69 Å². The predicted octanol–water partition coefficient (Wildman–Crippen LogP) is 4.49. The summed E-state index contributed by atoms with van der Waals surface area (Å²) >= 11 is 5.31. The van der Waals surface area contributed by atoms with E-state index >= 15 is 0 Å². The van der Waals surface area contributed by atoms with Crippen LogP contribution >= 0.6 is 12.2 Å². The zero-order chi connectivity index (χ0) is 15.4. The van der Waals surface area contributed by atoms with Crippen LogP contribution in [0.3, 0.4) is 0 Å². The van der Waals surface area contributed by atoms with Crippen LogP contribution in [0.2, 0.25) is 0 Å². The molecule has 0 aliphatic carbocycles. The van der Waals surface area contributed by atoms with Crippen molar-refractivity contribution in [1.29, 1.82) is 0 Å². The molecule has 2 nitrogen and oxygen atoms in total. The number of aryl methyl sites for hydroxylation is 2. The Balaban J connectivity index is 2.01. The molecule has 0 aromatic heterocycles. The van der Waals surface area contributed by atoms with Gasteiger partial charge in [0.2, 0.25) is 0 Å². The highest BCUT2D eigenvalue weighted by Gasteiger charge is 2.10. The van der Waals surface area contributed by atoms with E-state index in [0.29, 0.717) is 5.11 Å². The largest absolute Gasteiger partial charge is 0.356 e. The van der Waals surface area contributed by atoms with Crippen LogP contribution in [0, 0.1) is 19.7 Å². The Labute approximate surface area is 130 Å². The van der Waals surface area contributed by atoms with E-state index in [1.165, 1.54) is 28.8 Å². The van der Waals surface area contributed by atoms with Crippen LogP contribution in [0.25, 0.3) is 0 Å². The molecule has 0 heterocycles. The molecule has 0 aliphatic rings. The van der Waals surface area contributed by atoms with Gasteiger partial charge in [0.1, 0.15) is 5.82 Å². The van der Waals surface area contributed by atoms with Crippen LogP contribution in [0.15, 0.2) is 42.5 Å². The second-order valence-electron chi connectivity index (χ2n) is 5.19. The number of rotatable bonds is 3. The van der Waals surface area contributed by atoms with Gasteiger partial charge < -0.3 is 10.6 Å². The summed E-state index contributed by atoms with van der Waals surface area (Å²) in [6.45, 7) is 6.23. The third-order valence-electron chi connectivity index (χ3n) is 3.35. The van der Waals surface area contributed by atoms with Crippen LogP contribution in [-0.4, -0.2) is 5.11 Å². The van der Waals surface area contributed by atoms with Gasteiger partial charge in [0.15, 0.2) is 5.11 Å². The fourth-order valence-corrected chi connectivity index (χ4v) is 2.50. The maximum Gasteiger partial charge on any atom is 0.171 e. The normalized spacial score (nSPS) is 11.8. The SMILES string of the molecule is Cc1ccc(C)c(C(C)NC(=S)Nc2ccc(F)cc2)c1. The Hall–Kier alpha value is -1.94. The van der Waals surface area contributed by atoms with Gasteiger partial charge in [0.25, 0.3) is 0 Å². The molecule has 21 heavy (non-hydrogen) atoms. The van der Waals surface area contributed by atoms with E-state index < -0.39 is 0 Å². The van der Waals surface area contributed by atoms with E-state index in [-0.39, 0.29) is 11.9 Å². The molecule has 0 saturated heterocycles. The van der Waals surface area contributed by atoms with Gasteiger partial charge in [-0.05, 0) is 68.4 Å². The molecule has 0 saturated carbocycles. The summed E-state index contributed by atoms with van der Waals surface area (Å²) in [6, 6.07) is 12.6. The highest BCUT2D eigenvalue weighted by atomic mass is 32.1. The Kier molecular flexibility index (Phi) is 4.91. The molecule has 0 bridgehead atoms. The lowest BCUT2D eigenvalue weighted by molar-refractivity contribution is 0.628. The highest BCUT2D eigenvalue weighted by Crippen LogP contribution is 2.19. The fourth-order valence-electron chi connectivity index (χ4n) is 2.20. The van der Waals surface area contributed by atoms with Gasteiger partial charge in [0, 0.05) is 5.69 Å². The monoisotopic (exact) mass is 302 g/mol. The number of hydrogen-bond donors (Lipinski definition) is 2. The molecule has 0 amide bonds. The Bertz CT molecular complexity index is 638. The molecule has 2 aromatic rings. The number of anilines is 1. The molecule has 1 atom stereocenters. The van der Waals surface area contributed by atoms with E-state index in [4.69, 9.17) is 12.2 Å². The lowest BCUT2D eigenvalue weighted by Gasteiger charge is -2.19. The molecule has 0 spiro atoms. The highest BCUT2D eigenvalue weighted by molar-refractivity contribution is 7.80. The second-order valence-corrected chi connectivity index (χ2v) is 5.60.